The molecule has 1 aromatic rings. The zero-order chi connectivity index (χ0) is 15.5. The van der Waals surface area contributed by atoms with Crippen LogP contribution in [0.25, 0.3) is 0 Å². The van der Waals surface area contributed by atoms with E-state index in [0.29, 0.717) is 19.7 Å². The molecule has 1 aromatic carbocycles. The summed E-state index contributed by atoms with van der Waals surface area (Å²) in [4.78, 5) is 25.7. The number of carbonyl (C=O) groups excluding carboxylic acids is 2. The van der Waals surface area contributed by atoms with Gasteiger partial charge in [-0.3, -0.25) is 9.59 Å². The molecule has 0 radical (unpaired) electrons. The molecule has 21 heavy (non-hydrogen) atoms. The van der Waals surface area contributed by atoms with Crippen molar-refractivity contribution in [2.75, 3.05) is 19.7 Å². The number of aryl methyl sites for hydroxylation is 1. The Labute approximate surface area is 125 Å². The Morgan fingerprint density at radius 2 is 2.19 bits per heavy atom. The molecule has 0 aliphatic carbocycles. The number of ether oxygens (including phenoxy) is 1. The van der Waals surface area contributed by atoms with E-state index in [1.165, 1.54) is 0 Å². The fourth-order valence-electron chi connectivity index (χ4n) is 2.43. The van der Waals surface area contributed by atoms with Crippen LogP contribution in [0, 0.1) is 6.92 Å². The molecule has 1 aliphatic heterocycles. The van der Waals surface area contributed by atoms with Gasteiger partial charge in [-0.15, -0.1) is 0 Å². The van der Waals surface area contributed by atoms with E-state index in [9.17, 15) is 9.59 Å². The Morgan fingerprint density at radius 1 is 1.43 bits per heavy atom. The first-order valence-electron chi connectivity index (χ1n) is 7.19. The van der Waals surface area contributed by atoms with Gasteiger partial charge in [-0.25, -0.2) is 0 Å². The molecule has 0 aromatic heterocycles. The summed E-state index contributed by atoms with van der Waals surface area (Å²) < 4.78 is 5.60. The van der Waals surface area contributed by atoms with Crippen LogP contribution in [0.1, 0.15) is 25.8 Å². The van der Waals surface area contributed by atoms with Crippen LogP contribution in [0.3, 0.4) is 0 Å². The predicted molar refractivity (Wildman–Crippen MR) is 80.1 cm³/mol. The molecule has 1 saturated heterocycles. The topological polar surface area (TPSA) is 58.6 Å². The second-order valence-electron chi connectivity index (χ2n) is 5.78. The molecule has 2 amide bonds. The molecule has 0 saturated carbocycles. The Morgan fingerprint density at radius 3 is 2.90 bits per heavy atom. The Kier molecular flexibility index (Phi) is 4.50. The van der Waals surface area contributed by atoms with Gasteiger partial charge in [-0.2, -0.15) is 0 Å². The summed E-state index contributed by atoms with van der Waals surface area (Å²) >= 11 is 0. The van der Waals surface area contributed by atoms with E-state index in [-0.39, 0.29) is 18.2 Å². The summed E-state index contributed by atoms with van der Waals surface area (Å²) in [6, 6.07) is 7.72. The number of benzene rings is 1. The minimum Gasteiger partial charge on any atom is -0.493 e. The smallest absolute Gasteiger partial charge is 0.245 e. The van der Waals surface area contributed by atoms with E-state index < -0.39 is 5.54 Å². The molecule has 2 rings (SSSR count). The van der Waals surface area contributed by atoms with Gasteiger partial charge in [0.05, 0.1) is 13.0 Å². The Balaban J connectivity index is 1.88. The average Bonchev–Trinajstić information content (AvgIpc) is 2.41. The highest BCUT2D eigenvalue weighted by atomic mass is 16.5. The number of nitrogens with zero attached hydrogens (tertiary/aromatic N) is 1. The van der Waals surface area contributed by atoms with Crippen molar-refractivity contribution in [2.45, 2.75) is 32.7 Å². The van der Waals surface area contributed by atoms with Gasteiger partial charge < -0.3 is 15.0 Å². The van der Waals surface area contributed by atoms with E-state index in [0.717, 1.165) is 11.3 Å². The number of carbonyl (C=O) groups is 2. The molecule has 1 fully saturated rings. The molecule has 1 N–H and O–H groups in total. The van der Waals surface area contributed by atoms with Gasteiger partial charge in [-0.05, 0) is 38.5 Å². The zero-order valence-electron chi connectivity index (χ0n) is 12.8. The lowest BCUT2D eigenvalue weighted by Gasteiger charge is -2.41. The van der Waals surface area contributed by atoms with Gasteiger partial charge >= 0.3 is 0 Å². The van der Waals surface area contributed by atoms with E-state index in [4.69, 9.17) is 4.74 Å². The number of piperazine rings is 1. The highest BCUT2D eigenvalue weighted by molar-refractivity contribution is 5.91. The molecule has 5 heteroatoms. The molecular weight excluding hydrogens is 268 g/mol. The van der Waals surface area contributed by atoms with Crippen LogP contribution >= 0.6 is 0 Å². The third-order valence-corrected chi connectivity index (χ3v) is 3.73. The van der Waals surface area contributed by atoms with Crippen LogP contribution in [0.2, 0.25) is 0 Å². The van der Waals surface area contributed by atoms with Crippen molar-refractivity contribution >= 4 is 11.8 Å². The van der Waals surface area contributed by atoms with Crippen molar-refractivity contribution in [1.82, 2.24) is 10.2 Å². The predicted octanol–water partition coefficient (Wildman–Crippen LogP) is 1.50. The molecule has 114 valence electrons. The molecule has 0 unspecified atom stereocenters. The molecule has 5 nitrogen and oxygen atoms in total. The second kappa shape index (κ2) is 6.16. The lowest BCUT2D eigenvalue weighted by Crippen LogP contribution is -2.63. The van der Waals surface area contributed by atoms with Crippen molar-refractivity contribution in [2.24, 2.45) is 0 Å². The SMILES string of the molecule is Cc1cccc(OCCC(=O)N2CCNC(=O)C2(C)C)c1. The summed E-state index contributed by atoms with van der Waals surface area (Å²) in [5.41, 5.74) is 0.325. The van der Waals surface area contributed by atoms with Crippen molar-refractivity contribution in [3.8, 4) is 5.75 Å². The normalized spacial score (nSPS) is 17.3. The zero-order valence-corrected chi connectivity index (χ0v) is 12.8. The van der Waals surface area contributed by atoms with Crippen LogP contribution in [0.15, 0.2) is 24.3 Å². The molecule has 0 spiro atoms. The first-order chi connectivity index (χ1) is 9.91. The molecular formula is C16H22N2O3. The van der Waals surface area contributed by atoms with Crippen molar-refractivity contribution in [3.63, 3.8) is 0 Å². The third kappa shape index (κ3) is 3.54. The Hall–Kier alpha value is -2.04. The highest BCUT2D eigenvalue weighted by Gasteiger charge is 2.39. The molecule has 1 heterocycles. The van der Waals surface area contributed by atoms with Crippen LogP contribution < -0.4 is 10.1 Å². The molecule has 1 aliphatic rings. The third-order valence-electron chi connectivity index (χ3n) is 3.73. The minimum absolute atomic E-state index is 0.0532. The summed E-state index contributed by atoms with van der Waals surface area (Å²) in [6.45, 7) is 6.89. The summed E-state index contributed by atoms with van der Waals surface area (Å²) in [5.74, 6) is 0.600. The fraction of sp³-hybridized carbons (Fsp3) is 0.500. The van der Waals surface area contributed by atoms with Crippen LogP contribution in [-0.4, -0.2) is 41.9 Å². The van der Waals surface area contributed by atoms with Gasteiger partial charge in [0.2, 0.25) is 11.8 Å². The van der Waals surface area contributed by atoms with Crippen molar-refractivity contribution in [1.29, 1.82) is 0 Å². The number of amides is 2. The van der Waals surface area contributed by atoms with Gasteiger partial charge in [0.15, 0.2) is 0 Å². The summed E-state index contributed by atoms with van der Waals surface area (Å²) in [5, 5.41) is 2.78. The number of hydrogen-bond donors (Lipinski definition) is 1. The maximum atomic E-state index is 12.3. The highest BCUT2D eigenvalue weighted by Crippen LogP contribution is 2.19. The number of hydrogen-bond acceptors (Lipinski definition) is 3. The van der Waals surface area contributed by atoms with Gasteiger partial charge in [0.25, 0.3) is 0 Å². The lowest BCUT2D eigenvalue weighted by atomic mass is 9.98. The average molecular weight is 290 g/mol. The maximum Gasteiger partial charge on any atom is 0.245 e. The lowest BCUT2D eigenvalue weighted by molar-refractivity contribution is -0.149. The fourth-order valence-corrected chi connectivity index (χ4v) is 2.43. The minimum atomic E-state index is -0.793. The van der Waals surface area contributed by atoms with Crippen LogP contribution in [0.5, 0.6) is 5.75 Å². The second-order valence-corrected chi connectivity index (χ2v) is 5.78. The molecule has 0 atom stereocenters. The monoisotopic (exact) mass is 290 g/mol. The van der Waals surface area contributed by atoms with Crippen molar-refractivity contribution < 1.29 is 14.3 Å². The molecule has 0 bridgehead atoms. The van der Waals surface area contributed by atoms with E-state index >= 15 is 0 Å². The first-order valence-corrected chi connectivity index (χ1v) is 7.19. The Bertz CT molecular complexity index is 540. The van der Waals surface area contributed by atoms with E-state index in [1.54, 1.807) is 18.7 Å². The maximum absolute atomic E-state index is 12.3. The van der Waals surface area contributed by atoms with E-state index in [2.05, 4.69) is 5.32 Å². The summed E-state index contributed by atoms with van der Waals surface area (Å²) in [6.07, 6.45) is 0.269. The van der Waals surface area contributed by atoms with Crippen LogP contribution in [0.4, 0.5) is 0 Å². The standard InChI is InChI=1S/C16H22N2O3/c1-12-5-4-6-13(11-12)21-10-7-14(19)18-9-8-17-15(20)16(18,2)3/h4-6,11H,7-10H2,1-3H3,(H,17,20). The van der Waals surface area contributed by atoms with Crippen molar-refractivity contribution in [3.05, 3.63) is 29.8 Å². The van der Waals surface area contributed by atoms with E-state index in [1.807, 2.05) is 31.2 Å². The summed E-state index contributed by atoms with van der Waals surface area (Å²) in [7, 11) is 0. The van der Waals surface area contributed by atoms with Gasteiger partial charge in [0.1, 0.15) is 11.3 Å². The van der Waals surface area contributed by atoms with Crippen LogP contribution in [-0.2, 0) is 9.59 Å². The number of rotatable bonds is 4. The van der Waals surface area contributed by atoms with Gasteiger partial charge in [0, 0.05) is 13.1 Å². The quantitative estimate of drug-likeness (QED) is 0.914. The first kappa shape index (κ1) is 15.4. The number of nitrogens with one attached hydrogen (secondary N) is 1. The largest absolute Gasteiger partial charge is 0.493 e. The van der Waals surface area contributed by atoms with Gasteiger partial charge in [-0.1, -0.05) is 12.1 Å².